The molecular formula is C49H26N6O. The molecule has 0 unspecified atom stereocenters. The van der Waals surface area contributed by atoms with Crippen molar-refractivity contribution >= 4 is 43.6 Å². The normalized spacial score (nSPS) is 13.2. The van der Waals surface area contributed by atoms with Crippen molar-refractivity contribution in [3.05, 3.63) is 191 Å². The van der Waals surface area contributed by atoms with Crippen LogP contribution in [0, 0.1) is 22.7 Å². The quantitative estimate of drug-likeness (QED) is 0.178. The molecule has 2 aliphatic rings. The van der Waals surface area contributed by atoms with Gasteiger partial charge in [0.05, 0.1) is 62.1 Å². The number of fused-ring (bicyclic) bond motifs is 15. The summed E-state index contributed by atoms with van der Waals surface area (Å²) in [5.41, 5.74) is 12.7. The molecule has 56 heavy (non-hydrogen) atoms. The van der Waals surface area contributed by atoms with E-state index in [1.807, 2.05) is 67.0 Å². The molecule has 6 aromatic carbocycles. The van der Waals surface area contributed by atoms with Crippen molar-refractivity contribution in [2.24, 2.45) is 0 Å². The number of pyridine rings is 2. The maximum absolute atomic E-state index is 9.73. The molecule has 4 aromatic heterocycles. The molecule has 0 fully saturated rings. The highest BCUT2D eigenvalue weighted by Crippen LogP contribution is 2.61. The topological polar surface area (TPSA) is 92.5 Å². The van der Waals surface area contributed by atoms with E-state index in [-0.39, 0.29) is 0 Å². The minimum Gasteiger partial charge on any atom is -0.457 e. The third-order valence-corrected chi connectivity index (χ3v) is 11.7. The zero-order chi connectivity index (χ0) is 37.1. The summed E-state index contributed by atoms with van der Waals surface area (Å²) in [7, 11) is 0. The van der Waals surface area contributed by atoms with Gasteiger partial charge in [0.15, 0.2) is 0 Å². The molecule has 0 amide bonds. The van der Waals surface area contributed by atoms with Crippen LogP contribution in [0.4, 0.5) is 0 Å². The molecular weight excluding hydrogens is 689 g/mol. The first-order valence-electron chi connectivity index (χ1n) is 18.4. The van der Waals surface area contributed by atoms with Crippen LogP contribution in [-0.4, -0.2) is 19.1 Å². The summed E-state index contributed by atoms with van der Waals surface area (Å²) in [5, 5.41) is 23.6. The van der Waals surface area contributed by atoms with Crippen LogP contribution in [0.1, 0.15) is 33.4 Å². The van der Waals surface area contributed by atoms with E-state index in [2.05, 4.69) is 112 Å². The number of aromatic nitrogens is 4. The summed E-state index contributed by atoms with van der Waals surface area (Å²) in [6.07, 6.45) is 3.69. The van der Waals surface area contributed by atoms with E-state index in [4.69, 9.17) is 14.7 Å². The zero-order valence-corrected chi connectivity index (χ0v) is 29.6. The van der Waals surface area contributed by atoms with Crippen LogP contribution in [0.25, 0.3) is 66.4 Å². The SMILES string of the molecule is N#Cc1ccc2c(c1)c1cc(C#N)ccc1n2-c1ccc2c(c1)c1ccccc1n2-c1ccc2c(c1)Oc1ccccc1C21c2cccnc2-c2ncccc21. The van der Waals surface area contributed by atoms with Crippen LogP contribution >= 0.6 is 0 Å². The molecule has 0 bridgehead atoms. The molecule has 10 aromatic rings. The summed E-state index contributed by atoms with van der Waals surface area (Å²) >= 11 is 0. The fourth-order valence-corrected chi connectivity index (χ4v) is 9.51. The standard InChI is InChI=1S/C49H26N6O/c50-27-29-13-18-42-34(23-29)35-24-30(28-51)14-19-43(35)54(42)31-16-20-44-36(25-31)33-7-1-3-11-41(33)55(44)32-15-17-38-46(26-32)56-45-12-4-2-8-37(45)49(38)39-9-5-21-52-47(39)48-40(49)10-6-22-53-48/h1-26H. The predicted molar refractivity (Wildman–Crippen MR) is 218 cm³/mol. The monoisotopic (exact) mass is 714 g/mol. The van der Waals surface area contributed by atoms with Gasteiger partial charge in [-0.15, -0.1) is 0 Å². The minimum atomic E-state index is -0.643. The van der Waals surface area contributed by atoms with Gasteiger partial charge in [-0.25, -0.2) is 0 Å². The van der Waals surface area contributed by atoms with E-state index in [0.29, 0.717) is 11.1 Å². The van der Waals surface area contributed by atoms with Crippen LogP contribution in [-0.2, 0) is 5.41 Å². The molecule has 12 rings (SSSR count). The molecule has 7 nitrogen and oxygen atoms in total. The third kappa shape index (κ3) is 3.83. The van der Waals surface area contributed by atoms with Crippen LogP contribution in [0.5, 0.6) is 11.5 Å². The van der Waals surface area contributed by atoms with Crippen LogP contribution in [0.2, 0.25) is 0 Å². The maximum atomic E-state index is 9.73. The number of nitriles is 2. The van der Waals surface area contributed by atoms with Gasteiger partial charge in [-0.2, -0.15) is 10.5 Å². The van der Waals surface area contributed by atoms with Gasteiger partial charge in [-0.05, 0) is 96.1 Å². The molecule has 258 valence electrons. The summed E-state index contributed by atoms with van der Waals surface area (Å²) < 4.78 is 11.4. The number of benzene rings is 6. The van der Waals surface area contributed by atoms with Crippen LogP contribution in [0.15, 0.2) is 158 Å². The average molecular weight is 715 g/mol. The molecule has 0 saturated heterocycles. The molecule has 0 atom stereocenters. The van der Waals surface area contributed by atoms with Gasteiger partial charge in [-0.1, -0.05) is 54.6 Å². The van der Waals surface area contributed by atoms with Gasteiger partial charge in [0.25, 0.3) is 0 Å². The van der Waals surface area contributed by atoms with Gasteiger partial charge in [-0.3, -0.25) is 9.97 Å². The highest BCUT2D eigenvalue weighted by molar-refractivity contribution is 6.12. The third-order valence-electron chi connectivity index (χ3n) is 11.7. The van der Waals surface area contributed by atoms with Crippen molar-refractivity contribution in [3.8, 4) is 46.4 Å². The number of rotatable bonds is 2. The lowest BCUT2D eigenvalue weighted by atomic mass is 9.66. The van der Waals surface area contributed by atoms with Crippen LogP contribution < -0.4 is 4.74 Å². The van der Waals surface area contributed by atoms with Gasteiger partial charge in [0.2, 0.25) is 0 Å². The summed E-state index contributed by atoms with van der Waals surface area (Å²) in [6, 6.07) is 54.5. The second-order valence-electron chi connectivity index (χ2n) is 14.4. The van der Waals surface area contributed by atoms with E-state index >= 15 is 0 Å². The fourth-order valence-electron chi connectivity index (χ4n) is 9.51. The molecule has 0 radical (unpaired) electrons. The lowest BCUT2D eigenvalue weighted by molar-refractivity contribution is 0.436. The number of hydrogen-bond acceptors (Lipinski definition) is 5. The summed E-state index contributed by atoms with van der Waals surface area (Å²) in [6.45, 7) is 0. The molecule has 5 heterocycles. The Morgan fingerprint density at radius 3 is 1.64 bits per heavy atom. The molecule has 7 heteroatoms. The molecule has 0 N–H and O–H groups in total. The Morgan fingerprint density at radius 1 is 0.446 bits per heavy atom. The lowest BCUT2D eigenvalue weighted by Crippen LogP contribution is -2.32. The highest BCUT2D eigenvalue weighted by Gasteiger charge is 2.52. The number of hydrogen-bond donors (Lipinski definition) is 0. The van der Waals surface area contributed by atoms with Crippen molar-refractivity contribution in [3.63, 3.8) is 0 Å². The Hall–Kier alpha value is -8.00. The molecule has 1 aliphatic carbocycles. The molecule has 0 saturated carbocycles. The summed E-state index contributed by atoms with van der Waals surface area (Å²) in [5.74, 6) is 1.60. The largest absolute Gasteiger partial charge is 0.457 e. The minimum absolute atomic E-state index is 0.579. The van der Waals surface area contributed by atoms with Crippen molar-refractivity contribution < 1.29 is 4.74 Å². The van der Waals surface area contributed by atoms with E-state index in [1.54, 1.807) is 0 Å². The second-order valence-corrected chi connectivity index (χ2v) is 14.4. The van der Waals surface area contributed by atoms with E-state index in [1.165, 1.54) is 0 Å². The van der Waals surface area contributed by atoms with Crippen molar-refractivity contribution in [2.75, 3.05) is 0 Å². The second kappa shape index (κ2) is 11.0. The predicted octanol–water partition coefficient (Wildman–Crippen LogP) is 10.9. The number of para-hydroxylation sites is 2. The summed E-state index contributed by atoms with van der Waals surface area (Å²) in [4.78, 5) is 9.72. The van der Waals surface area contributed by atoms with Crippen molar-refractivity contribution in [2.45, 2.75) is 5.41 Å². The first-order chi connectivity index (χ1) is 27.7. The van der Waals surface area contributed by atoms with Crippen molar-refractivity contribution in [1.29, 1.82) is 10.5 Å². The molecule has 1 spiro atoms. The number of nitrogens with zero attached hydrogens (tertiary/aromatic N) is 6. The Labute approximate surface area is 320 Å². The van der Waals surface area contributed by atoms with Crippen molar-refractivity contribution in [1.82, 2.24) is 19.1 Å². The van der Waals surface area contributed by atoms with Gasteiger partial charge in [0, 0.05) is 62.5 Å². The zero-order valence-electron chi connectivity index (χ0n) is 29.6. The molecule has 1 aliphatic heterocycles. The van der Waals surface area contributed by atoms with Crippen LogP contribution in [0.3, 0.4) is 0 Å². The Balaban J connectivity index is 1.09. The average Bonchev–Trinajstić information content (AvgIpc) is 3.87. The Morgan fingerprint density at radius 2 is 0.964 bits per heavy atom. The fraction of sp³-hybridized carbons (Fsp3) is 0.0204. The number of ether oxygens (including phenoxy) is 1. The lowest BCUT2D eigenvalue weighted by Gasteiger charge is -2.39. The smallest absolute Gasteiger partial charge is 0.134 e. The first-order valence-corrected chi connectivity index (χ1v) is 18.4. The Kier molecular flexibility index (Phi) is 5.99. The van der Waals surface area contributed by atoms with Gasteiger partial charge >= 0.3 is 0 Å². The van der Waals surface area contributed by atoms with E-state index in [0.717, 1.165) is 100 Å². The van der Waals surface area contributed by atoms with Gasteiger partial charge in [0.1, 0.15) is 11.5 Å². The first kappa shape index (κ1) is 30.5. The van der Waals surface area contributed by atoms with E-state index < -0.39 is 5.41 Å². The van der Waals surface area contributed by atoms with E-state index in [9.17, 15) is 10.5 Å². The maximum Gasteiger partial charge on any atom is 0.134 e. The Bertz CT molecular complexity index is 3330. The van der Waals surface area contributed by atoms with Gasteiger partial charge < -0.3 is 13.9 Å². The highest BCUT2D eigenvalue weighted by atomic mass is 16.5.